The highest BCUT2D eigenvalue weighted by Crippen LogP contribution is 2.49. The monoisotopic (exact) mass is 251 g/mol. The van der Waals surface area contributed by atoms with Gasteiger partial charge in [-0.2, -0.15) is 0 Å². The minimum Gasteiger partial charge on any atom is -0.496 e. The van der Waals surface area contributed by atoms with E-state index in [1.165, 1.54) is 19.2 Å². The van der Waals surface area contributed by atoms with Crippen LogP contribution in [0.1, 0.15) is 18.4 Å². The number of hydrogen-bond acceptors (Lipinski definition) is 4. The SMILES string of the molecule is COc1cc(CC2(C(=O)O)CC2)cc([N+](=O)[O-])c1. The number of carboxylic acids is 1. The van der Waals surface area contributed by atoms with Crippen LogP contribution in [0.25, 0.3) is 0 Å². The molecule has 18 heavy (non-hydrogen) atoms. The number of nitro benzene ring substituents is 1. The van der Waals surface area contributed by atoms with Crippen molar-refractivity contribution in [2.75, 3.05) is 7.11 Å². The summed E-state index contributed by atoms with van der Waals surface area (Å²) in [5.74, 6) is -0.464. The Balaban J connectivity index is 2.30. The molecule has 0 bridgehead atoms. The van der Waals surface area contributed by atoms with Crippen LogP contribution in [-0.4, -0.2) is 23.1 Å². The fraction of sp³-hybridized carbons (Fsp3) is 0.417. The zero-order chi connectivity index (χ0) is 13.3. The van der Waals surface area contributed by atoms with Gasteiger partial charge in [-0.1, -0.05) is 0 Å². The maximum Gasteiger partial charge on any atom is 0.309 e. The van der Waals surface area contributed by atoms with Crippen LogP contribution < -0.4 is 4.74 Å². The smallest absolute Gasteiger partial charge is 0.309 e. The van der Waals surface area contributed by atoms with E-state index in [4.69, 9.17) is 9.84 Å². The fourth-order valence-corrected chi connectivity index (χ4v) is 1.98. The van der Waals surface area contributed by atoms with E-state index in [2.05, 4.69) is 0 Å². The molecule has 1 saturated carbocycles. The fourth-order valence-electron chi connectivity index (χ4n) is 1.98. The number of rotatable bonds is 5. The third-order valence-corrected chi connectivity index (χ3v) is 3.25. The van der Waals surface area contributed by atoms with Gasteiger partial charge in [-0.05, 0) is 30.9 Å². The molecule has 0 atom stereocenters. The third-order valence-electron chi connectivity index (χ3n) is 3.25. The normalized spacial score (nSPS) is 16.1. The number of carbonyl (C=O) groups is 1. The molecule has 0 heterocycles. The van der Waals surface area contributed by atoms with Gasteiger partial charge in [-0.25, -0.2) is 0 Å². The average Bonchev–Trinajstić information content (AvgIpc) is 3.09. The molecule has 0 amide bonds. The molecule has 0 spiro atoms. The highest BCUT2D eigenvalue weighted by Gasteiger charge is 2.50. The Morgan fingerprint density at radius 2 is 2.17 bits per heavy atom. The van der Waals surface area contributed by atoms with Crippen molar-refractivity contribution < 1.29 is 19.6 Å². The second-order valence-electron chi connectivity index (χ2n) is 4.56. The zero-order valence-corrected chi connectivity index (χ0v) is 9.88. The highest BCUT2D eigenvalue weighted by molar-refractivity contribution is 5.78. The molecule has 6 heteroatoms. The largest absolute Gasteiger partial charge is 0.496 e. The maximum absolute atomic E-state index is 11.1. The van der Waals surface area contributed by atoms with Gasteiger partial charge in [0.2, 0.25) is 0 Å². The molecule has 2 rings (SSSR count). The summed E-state index contributed by atoms with van der Waals surface area (Å²) in [5, 5.41) is 19.9. The van der Waals surface area contributed by atoms with Crippen LogP contribution >= 0.6 is 0 Å². The molecule has 96 valence electrons. The lowest BCUT2D eigenvalue weighted by atomic mass is 9.96. The Bertz CT molecular complexity index is 507. The Kier molecular flexibility index (Phi) is 2.94. The van der Waals surface area contributed by atoms with Gasteiger partial charge in [0.25, 0.3) is 5.69 Å². The molecule has 0 aliphatic heterocycles. The van der Waals surface area contributed by atoms with Crippen molar-refractivity contribution in [2.24, 2.45) is 5.41 Å². The number of nitro groups is 1. The van der Waals surface area contributed by atoms with Crippen molar-refractivity contribution in [3.8, 4) is 5.75 Å². The van der Waals surface area contributed by atoms with E-state index in [-0.39, 0.29) is 5.69 Å². The van der Waals surface area contributed by atoms with E-state index >= 15 is 0 Å². The summed E-state index contributed by atoms with van der Waals surface area (Å²) >= 11 is 0. The Labute approximate surface area is 103 Å². The molecular weight excluding hydrogens is 238 g/mol. The number of benzene rings is 1. The second-order valence-corrected chi connectivity index (χ2v) is 4.56. The van der Waals surface area contributed by atoms with Gasteiger partial charge < -0.3 is 9.84 Å². The van der Waals surface area contributed by atoms with Gasteiger partial charge in [0.1, 0.15) is 5.75 Å². The van der Waals surface area contributed by atoms with Gasteiger partial charge in [0.15, 0.2) is 0 Å². The summed E-state index contributed by atoms with van der Waals surface area (Å²) in [6.45, 7) is 0. The number of ether oxygens (including phenoxy) is 1. The Morgan fingerprint density at radius 1 is 1.50 bits per heavy atom. The van der Waals surface area contributed by atoms with E-state index < -0.39 is 16.3 Å². The maximum atomic E-state index is 11.1. The minimum atomic E-state index is -0.840. The molecule has 6 nitrogen and oxygen atoms in total. The summed E-state index contributed by atoms with van der Waals surface area (Å²) in [6.07, 6.45) is 1.54. The third kappa shape index (κ3) is 2.27. The van der Waals surface area contributed by atoms with Crippen LogP contribution in [0.5, 0.6) is 5.75 Å². The van der Waals surface area contributed by atoms with Gasteiger partial charge in [-0.15, -0.1) is 0 Å². The van der Waals surface area contributed by atoms with Crippen molar-refractivity contribution in [3.05, 3.63) is 33.9 Å². The van der Waals surface area contributed by atoms with Gasteiger partial charge >= 0.3 is 5.97 Å². The molecule has 0 radical (unpaired) electrons. The lowest BCUT2D eigenvalue weighted by Gasteiger charge is -2.10. The first-order chi connectivity index (χ1) is 8.47. The van der Waals surface area contributed by atoms with E-state index in [9.17, 15) is 14.9 Å². The van der Waals surface area contributed by atoms with Crippen molar-refractivity contribution in [3.63, 3.8) is 0 Å². The van der Waals surface area contributed by atoms with Crippen LogP contribution in [0.2, 0.25) is 0 Å². The van der Waals surface area contributed by atoms with Crippen molar-refractivity contribution in [2.45, 2.75) is 19.3 Å². The standard InChI is InChI=1S/C12H13NO5/c1-18-10-5-8(4-9(6-10)13(16)17)7-12(2-3-12)11(14)15/h4-6H,2-3,7H2,1H3,(H,14,15). The first kappa shape index (κ1) is 12.3. The summed E-state index contributed by atoms with van der Waals surface area (Å²) < 4.78 is 4.99. The summed E-state index contributed by atoms with van der Waals surface area (Å²) in [7, 11) is 1.42. The number of carboxylic acid groups (broad SMARTS) is 1. The van der Waals surface area contributed by atoms with E-state index in [1.54, 1.807) is 6.07 Å². The number of aliphatic carboxylic acids is 1. The van der Waals surface area contributed by atoms with Gasteiger partial charge in [0, 0.05) is 6.07 Å². The number of hydrogen-bond donors (Lipinski definition) is 1. The van der Waals surface area contributed by atoms with Crippen molar-refractivity contribution >= 4 is 11.7 Å². The number of methoxy groups -OCH3 is 1. The van der Waals surface area contributed by atoms with E-state index in [0.29, 0.717) is 30.6 Å². The Hall–Kier alpha value is -2.11. The van der Waals surface area contributed by atoms with E-state index in [1.807, 2.05) is 0 Å². The molecule has 1 aliphatic carbocycles. The molecular formula is C12H13NO5. The zero-order valence-electron chi connectivity index (χ0n) is 9.88. The lowest BCUT2D eigenvalue weighted by Crippen LogP contribution is -2.17. The summed E-state index contributed by atoms with van der Waals surface area (Å²) in [5.41, 5.74) is -0.188. The predicted octanol–water partition coefficient (Wildman–Crippen LogP) is 2.01. The molecule has 0 saturated heterocycles. The molecule has 1 fully saturated rings. The summed E-state index contributed by atoms with van der Waals surface area (Å²) in [4.78, 5) is 21.4. The second kappa shape index (κ2) is 4.29. The molecule has 0 aromatic heterocycles. The quantitative estimate of drug-likeness (QED) is 0.638. The minimum absolute atomic E-state index is 0.0782. The van der Waals surface area contributed by atoms with Crippen LogP contribution in [0.3, 0.4) is 0 Å². The van der Waals surface area contributed by atoms with Crippen LogP contribution in [0, 0.1) is 15.5 Å². The Morgan fingerprint density at radius 3 is 2.61 bits per heavy atom. The molecule has 1 N–H and O–H groups in total. The average molecular weight is 251 g/mol. The lowest BCUT2D eigenvalue weighted by molar-refractivity contribution is -0.385. The molecule has 1 aromatic carbocycles. The van der Waals surface area contributed by atoms with Crippen LogP contribution in [0.15, 0.2) is 18.2 Å². The topological polar surface area (TPSA) is 89.7 Å². The number of nitrogens with zero attached hydrogens (tertiary/aromatic N) is 1. The molecule has 1 aliphatic rings. The predicted molar refractivity (Wildman–Crippen MR) is 62.7 cm³/mol. The van der Waals surface area contributed by atoms with Crippen molar-refractivity contribution in [1.82, 2.24) is 0 Å². The van der Waals surface area contributed by atoms with Gasteiger partial charge in [-0.3, -0.25) is 14.9 Å². The first-order valence-electron chi connectivity index (χ1n) is 5.53. The van der Waals surface area contributed by atoms with Gasteiger partial charge in [0.05, 0.1) is 23.5 Å². The van der Waals surface area contributed by atoms with Crippen molar-refractivity contribution in [1.29, 1.82) is 0 Å². The summed E-state index contributed by atoms with van der Waals surface area (Å²) in [6, 6.07) is 4.38. The molecule has 1 aromatic rings. The number of non-ortho nitro benzene ring substituents is 1. The van der Waals surface area contributed by atoms with E-state index in [0.717, 1.165) is 0 Å². The van der Waals surface area contributed by atoms with Crippen LogP contribution in [0.4, 0.5) is 5.69 Å². The van der Waals surface area contributed by atoms with Crippen LogP contribution in [-0.2, 0) is 11.2 Å². The molecule has 0 unspecified atom stereocenters. The first-order valence-corrected chi connectivity index (χ1v) is 5.53. The highest BCUT2D eigenvalue weighted by atomic mass is 16.6.